The standard InChI is InChI=1S/C23H23N3O2/c1-15(2)13-26-14-17(5-7-22(26)27)20-9-19(11-24-12-20)16-4-6-21-18(8-16)10-23(28)25(21)3/h4-9,11-12,14-15H,10,13H2,1-3H3. The van der Waals surface area contributed by atoms with Crippen molar-refractivity contribution < 1.29 is 4.79 Å². The van der Waals surface area contributed by atoms with Gasteiger partial charge in [-0.1, -0.05) is 19.9 Å². The lowest BCUT2D eigenvalue weighted by molar-refractivity contribution is -0.117. The van der Waals surface area contributed by atoms with E-state index in [0.717, 1.165) is 33.5 Å². The van der Waals surface area contributed by atoms with E-state index in [1.54, 1.807) is 15.5 Å². The molecule has 5 heteroatoms. The molecule has 142 valence electrons. The molecule has 1 aromatic carbocycles. The molecule has 0 bridgehead atoms. The number of benzene rings is 1. The monoisotopic (exact) mass is 373 g/mol. The summed E-state index contributed by atoms with van der Waals surface area (Å²) in [4.78, 5) is 30.2. The molecule has 1 aliphatic rings. The molecule has 0 fully saturated rings. The second kappa shape index (κ2) is 7.08. The molecule has 0 N–H and O–H groups in total. The number of fused-ring (bicyclic) bond motifs is 1. The summed E-state index contributed by atoms with van der Waals surface area (Å²) in [5, 5.41) is 0. The van der Waals surface area contributed by atoms with Gasteiger partial charge >= 0.3 is 0 Å². The van der Waals surface area contributed by atoms with E-state index < -0.39 is 0 Å². The number of rotatable bonds is 4. The number of likely N-dealkylation sites (N-methyl/N-ethyl adjacent to an activating group) is 1. The number of hydrogen-bond acceptors (Lipinski definition) is 3. The van der Waals surface area contributed by atoms with E-state index in [0.29, 0.717) is 18.9 Å². The van der Waals surface area contributed by atoms with Crippen molar-refractivity contribution in [3.63, 3.8) is 0 Å². The van der Waals surface area contributed by atoms with Crippen LogP contribution < -0.4 is 10.5 Å². The lowest BCUT2D eigenvalue weighted by Gasteiger charge is -2.12. The first-order chi connectivity index (χ1) is 13.4. The quantitative estimate of drug-likeness (QED) is 0.700. The Balaban J connectivity index is 1.71. The molecule has 5 nitrogen and oxygen atoms in total. The van der Waals surface area contributed by atoms with Crippen molar-refractivity contribution in [2.24, 2.45) is 5.92 Å². The van der Waals surface area contributed by atoms with Crippen LogP contribution in [-0.2, 0) is 17.8 Å². The van der Waals surface area contributed by atoms with E-state index in [9.17, 15) is 9.59 Å². The number of hydrogen-bond donors (Lipinski definition) is 0. The Morgan fingerprint density at radius 2 is 1.68 bits per heavy atom. The molecule has 2 aromatic heterocycles. The number of anilines is 1. The summed E-state index contributed by atoms with van der Waals surface area (Å²) in [7, 11) is 1.81. The van der Waals surface area contributed by atoms with Gasteiger partial charge in [-0.25, -0.2) is 0 Å². The minimum atomic E-state index is 0.00831. The molecule has 0 unspecified atom stereocenters. The van der Waals surface area contributed by atoms with Crippen LogP contribution in [0, 0.1) is 5.92 Å². The van der Waals surface area contributed by atoms with Gasteiger partial charge < -0.3 is 9.47 Å². The fourth-order valence-electron chi connectivity index (χ4n) is 3.64. The Bertz CT molecular complexity index is 1110. The van der Waals surface area contributed by atoms with Gasteiger partial charge in [-0.2, -0.15) is 0 Å². The Morgan fingerprint density at radius 1 is 0.964 bits per heavy atom. The molecule has 1 aliphatic heterocycles. The third kappa shape index (κ3) is 3.36. The highest BCUT2D eigenvalue weighted by atomic mass is 16.2. The number of aromatic nitrogens is 2. The van der Waals surface area contributed by atoms with E-state index in [2.05, 4.69) is 31.0 Å². The summed E-state index contributed by atoms with van der Waals surface area (Å²) in [6.07, 6.45) is 5.98. The number of pyridine rings is 2. The maximum Gasteiger partial charge on any atom is 0.250 e. The summed E-state index contributed by atoms with van der Waals surface area (Å²) in [6.45, 7) is 4.88. The van der Waals surface area contributed by atoms with Gasteiger partial charge in [-0.15, -0.1) is 0 Å². The van der Waals surface area contributed by atoms with Crippen molar-refractivity contribution in [2.75, 3.05) is 11.9 Å². The minimum Gasteiger partial charge on any atom is -0.315 e. The van der Waals surface area contributed by atoms with Crippen LogP contribution in [0.3, 0.4) is 0 Å². The first kappa shape index (κ1) is 18.2. The van der Waals surface area contributed by atoms with Crippen molar-refractivity contribution in [3.05, 3.63) is 70.9 Å². The maximum atomic E-state index is 12.1. The molecule has 3 heterocycles. The van der Waals surface area contributed by atoms with Crippen molar-refractivity contribution in [3.8, 4) is 22.3 Å². The van der Waals surface area contributed by atoms with Gasteiger partial charge in [0, 0.05) is 55.1 Å². The Morgan fingerprint density at radius 3 is 2.43 bits per heavy atom. The molecule has 0 atom stereocenters. The van der Waals surface area contributed by atoms with Gasteiger partial charge in [0.25, 0.3) is 5.56 Å². The highest BCUT2D eigenvalue weighted by molar-refractivity contribution is 6.01. The highest BCUT2D eigenvalue weighted by Crippen LogP contribution is 2.33. The van der Waals surface area contributed by atoms with Crippen LogP contribution in [0.4, 0.5) is 5.69 Å². The molecule has 0 spiro atoms. The molecule has 0 saturated carbocycles. The van der Waals surface area contributed by atoms with Crippen LogP contribution in [0.2, 0.25) is 0 Å². The number of carbonyl (C=O) groups excluding carboxylic acids is 1. The fraction of sp³-hybridized carbons (Fsp3) is 0.261. The second-order valence-electron chi connectivity index (χ2n) is 7.74. The normalized spacial score (nSPS) is 13.3. The zero-order valence-corrected chi connectivity index (χ0v) is 16.3. The first-order valence-electron chi connectivity index (χ1n) is 9.48. The molecule has 28 heavy (non-hydrogen) atoms. The van der Waals surface area contributed by atoms with Gasteiger partial charge in [0.05, 0.1) is 6.42 Å². The highest BCUT2D eigenvalue weighted by Gasteiger charge is 2.24. The zero-order valence-electron chi connectivity index (χ0n) is 16.3. The summed E-state index contributed by atoms with van der Waals surface area (Å²) >= 11 is 0. The first-order valence-corrected chi connectivity index (χ1v) is 9.48. The second-order valence-corrected chi connectivity index (χ2v) is 7.74. The molecule has 4 rings (SSSR count). The van der Waals surface area contributed by atoms with E-state index in [1.807, 2.05) is 43.8 Å². The number of carbonyl (C=O) groups is 1. The topological polar surface area (TPSA) is 55.2 Å². The van der Waals surface area contributed by atoms with Gasteiger partial charge in [0.15, 0.2) is 0 Å². The number of nitrogens with zero attached hydrogens (tertiary/aromatic N) is 3. The molecular formula is C23H23N3O2. The summed E-state index contributed by atoms with van der Waals surface area (Å²) < 4.78 is 1.75. The van der Waals surface area contributed by atoms with E-state index in [1.165, 1.54) is 0 Å². The molecule has 0 aliphatic carbocycles. The lowest BCUT2D eigenvalue weighted by atomic mass is 10.0. The van der Waals surface area contributed by atoms with Crippen LogP contribution in [-0.4, -0.2) is 22.5 Å². The average molecular weight is 373 g/mol. The van der Waals surface area contributed by atoms with Gasteiger partial charge in [0.2, 0.25) is 5.91 Å². The Hall–Kier alpha value is -3.21. The number of amides is 1. The fourth-order valence-corrected chi connectivity index (χ4v) is 3.64. The molecule has 0 saturated heterocycles. The summed E-state index contributed by atoms with van der Waals surface area (Å²) in [5.41, 5.74) is 5.97. The molecule has 1 amide bonds. The zero-order chi connectivity index (χ0) is 19.8. The van der Waals surface area contributed by atoms with Gasteiger partial charge in [-0.05, 0) is 46.9 Å². The Labute approximate surface area is 164 Å². The van der Waals surface area contributed by atoms with Crippen molar-refractivity contribution in [1.82, 2.24) is 9.55 Å². The summed E-state index contributed by atoms with van der Waals surface area (Å²) in [6, 6.07) is 11.6. The Kier molecular flexibility index (Phi) is 4.59. The van der Waals surface area contributed by atoms with E-state index in [-0.39, 0.29) is 11.5 Å². The SMILES string of the molecule is CC(C)Cn1cc(-c2cncc(-c3ccc4c(c3)CC(=O)N4C)c2)ccc1=O. The van der Waals surface area contributed by atoms with Crippen LogP contribution in [0.15, 0.2) is 59.8 Å². The predicted octanol–water partition coefficient (Wildman–Crippen LogP) is 3.75. The largest absolute Gasteiger partial charge is 0.315 e. The average Bonchev–Trinajstić information content (AvgIpc) is 2.96. The summed E-state index contributed by atoms with van der Waals surface area (Å²) in [5.74, 6) is 0.510. The van der Waals surface area contributed by atoms with Crippen molar-refractivity contribution in [1.29, 1.82) is 0 Å². The van der Waals surface area contributed by atoms with Crippen molar-refractivity contribution >= 4 is 11.6 Å². The lowest BCUT2D eigenvalue weighted by Crippen LogP contribution is -2.20. The third-order valence-corrected chi connectivity index (χ3v) is 5.11. The molecule has 0 radical (unpaired) electrons. The van der Waals surface area contributed by atoms with E-state index in [4.69, 9.17) is 0 Å². The van der Waals surface area contributed by atoms with Crippen LogP contribution in [0.25, 0.3) is 22.3 Å². The third-order valence-electron chi connectivity index (χ3n) is 5.11. The van der Waals surface area contributed by atoms with Crippen LogP contribution in [0.5, 0.6) is 0 Å². The van der Waals surface area contributed by atoms with E-state index >= 15 is 0 Å². The van der Waals surface area contributed by atoms with Gasteiger partial charge in [0.1, 0.15) is 0 Å². The van der Waals surface area contributed by atoms with Gasteiger partial charge in [-0.3, -0.25) is 14.6 Å². The predicted molar refractivity (Wildman–Crippen MR) is 111 cm³/mol. The minimum absolute atomic E-state index is 0.00831. The van der Waals surface area contributed by atoms with Crippen molar-refractivity contribution in [2.45, 2.75) is 26.8 Å². The molecular weight excluding hydrogens is 350 g/mol. The molecule has 3 aromatic rings. The smallest absolute Gasteiger partial charge is 0.250 e. The van der Waals surface area contributed by atoms with Crippen LogP contribution in [0.1, 0.15) is 19.4 Å². The van der Waals surface area contributed by atoms with Crippen LogP contribution >= 0.6 is 0 Å². The maximum absolute atomic E-state index is 12.1.